The van der Waals surface area contributed by atoms with Crippen molar-refractivity contribution in [2.75, 3.05) is 20.8 Å². The summed E-state index contributed by atoms with van der Waals surface area (Å²) in [4.78, 5) is 16.7. The lowest BCUT2D eigenvalue weighted by molar-refractivity contribution is 0.0953. The van der Waals surface area contributed by atoms with E-state index in [2.05, 4.69) is 22.4 Å². The number of carbonyl (C=O) groups is 1. The van der Waals surface area contributed by atoms with Gasteiger partial charge in [0.1, 0.15) is 0 Å². The van der Waals surface area contributed by atoms with Crippen LogP contribution in [0.1, 0.15) is 15.9 Å². The normalized spacial score (nSPS) is 10.7. The van der Waals surface area contributed by atoms with Crippen LogP contribution in [-0.2, 0) is 13.5 Å². The number of hydrogen-bond acceptors (Lipinski definition) is 4. The Kier molecular flexibility index (Phi) is 4.88. The molecule has 6 heteroatoms. The molecule has 0 bridgehead atoms. The maximum atomic E-state index is 12.3. The molecule has 0 saturated carbocycles. The van der Waals surface area contributed by atoms with Gasteiger partial charge in [-0.3, -0.25) is 4.79 Å². The molecule has 0 saturated heterocycles. The van der Waals surface area contributed by atoms with E-state index in [1.807, 2.05) is 17.7 Å². The van der Waals surface area contributed by atoms with E-state index in [-0.39, 0.29) is 5.91 Å². The summed E-state index contributed by atoms with van der Waals surface area (Å²) in [5, 5.41) is 2.93. The van der Waals surface area contributed by atoms with Crippen molar-refractivity contribution >= 4 is 16.9 Å². The Labute approximate surface area is 146 Å². The predicted octanol–water partition coefficient (Wildman–Crippen LogP) is 2.56. The van der Waals surface area contributed by atoms with E-state index in [0.29, 0.717) is 23.6 Å². The van der Waals surface area contributed by atoms with Gasteiger partial charge in [0.15, 0.2) is 11.5 Å². The number of nitrogens with one attached hydrogen (secondary N) is 1. The average Bonchev–Trinajstić information content (AvgIpc) is 3.01. The summed E-state index contributed by atoms with van der Waals surface area (Å²) in [7, 11) is 5.08. The Morgan fingerprint density at radius 1 is 1.12 bits per heavy atom. The molecule has 0 radical (unpaired) electrons. The summed E-state index contributed by atoms with van der Waals surface area (Å²) in [5.74, 6) is 0.998. The second-order valence-corrected chi connectivity index (χ2v) is 5.75. The van der Waals surface area contributed by atoms with E-state index in [9.17, 15) is 4.79 Å². The Hall–Kier alpha value is -3.02. The molecule has 0 spiro atoms. The second kappa shape index (κ2) is 7.25. The van der Waals surface area contributed by atoms with Gasteiger partial charge in [0, 0.05) is 19.2 Å². The van der Waals surface area contributed by atoms with Crippen molar-refractivity contribution in [3.8, 4) is 11.5 Å². The lowest BCUT2D eigenvalue weighted by Crippen LogP contribution is -2.25. The number of amides is 1. The quantitative estimate of drug-likeness (QED) is 0.750. The third-order valence-corrected chi connectivity index (χ3v) is 4.13. The number of rotatable bonds is 6. The van der Waals surface area contributed by atoms with Crippen LogP contribution in [0.25, 0.3) is 11.0 Å². The predicted molar refractivity (Wildman–Crippen MR) is 96.3 cm³/mol. The van der Waals surface area contributed by atoms with Gasteiger partial charge in [-0.15, -0.1) is 0 Å². The second-order valence-electron chi connectivity index (χ2n) is 5.75. The fourth-order valence-corrected chi connectivity index (χ4v) is 2.74. The zero-order chi connectivity index (χ0) is 17.8. The summed E-state index contributed by atoms with van der Waals surface area (Å²) in [6.07, 6.45) is 2.54. The molecule has 1 aromatic heterocycles. The van der Waals surface area contributed by atoms with Crippen LogP contribution in [0.4, 0.5) is 0 Å². The van der Waals surface area contributed by atoms with Gasteiger partial charge in [0.25, 0.3) is 5.91 Å². The maximum absolute atomic E-state index is 12.3. The van der Waals surface area contributed by atoms with Gasteiger partial charge in [0.05, 0.1) is 31.6 Å². The van der Waals surface area contributed by atoms with E-state index in [4.69, 9.17) is 9.47 Å². The molecule has 1 heterocycles. The first-order valence-corrected chi connectivity index (χ1v) is 8.02. The highest BCUT2D eigenvalue weighted by Gasteiger charge is 2.10. The lowest BCUT2D eigenvalue weighted by Gasteiger charge is -2.10. The number of nitrogens with zero attached hydrogens (tertiary/aromatic N) is 2. The minimum absolute atomic E-state index is 0.139. The van der Waals surface area contributed by atoms with Gasteiger partial charge >= 0.3 is 0 Å². The van der Waals surface area contributed by atoms with Gasteiger partial charge in [-0.2, -0.15) is 0 Å². The number of ether oxygens (including phenoxy) is 2. The number of benzene rings is 2. The Balaban J connectivity index is 1.61. The van der Waals surface area contributed by atoms with Crippen molar-refractivity contribution in [3.05, 3.63) is 53.9 Å². The fourth-order valence-electron chi connectivity index (χ4n) is 2.74. The van der Waals surface area contributed by atoms with Gasteiger partial charge < -0.3 is 19.4 Å². The lowest BCUT2D eigenvalue weighted by atomic mass is 10.1. The summed E-state index contributed by atoms with van der Waals surface area (Å²) in [5.41, 5.74) is 3.74. The van der Waals surface area contributed by atoms with Crippen LogP contribution in [0.5, 0.6) is 11.5 Å². The number of imidazole rings is 1. The molecule has 25 heavy (non-hydrogen) atoms. The number of fused-ring (bicyclic) bond motifs is 1. The van der Waals surface area contributed by atoms with E-state index in [0.717, 1.165) is 23.0 Å². The Morgan fingerprint density at radius 2 is 1.92 bits per heavy atom. The van der Waals surface area contributed by atoms with Crippen molar-refractivity contribution in [2.24, 2.45) is 7.05 Å². The van der Waals surface area contributed by atoms with Gasteiger partial charge in [-0.25, -0.2) is 4.98 Å². The minimum atomic E-state index is -0.139. The van der Waals surface area contributed by atoms with Gasteiger partial charge in [0.2, 0.25) is 0 Å². The molecule has 130 valence electrons. The highest BCUT2D eigenvalue weighted by Crippen LogP contribution is 2.27. The number of aromatic nitrogens is 2. The zero-order valence-corrected chi connectivity index (χ0v) is 14.6. The highest BCUT2D eigenvalue weighted by atomic mass is 16.5. The Morgan fingerprint density at radius 3 is 2.68 bits per heavy atom. The molecule has 2 aromatic carbocycles. The minimum Gasteiger partial charge on any atom is -0.493 e. The van der Waals surface area contributed by atoms with Gasteiger partial charge in [-0.05, 0) is 42.3 Å². The largest absolute Gasteiger partial charge is 0.493 e. The van der Waals surface area contributed by atoms with Crippen molar-refractivity contribution in [1.82, 2.24) is 14.9 Å². The third-order valence-electron chi connectivity index (χ3n) is 4.13. The van der Waals surface area contributed by atoms with Gasteiger partial charge in [-0.1, -0.05) is 6.07 Å². The molecule has 0 aliphatic carbocycles. The number of aryl methyl sites for hydroxylation is 1. The molecule has 1 N–H and O–H groups in total. The number of hydrogen-bond donors (Lipinski definition) is 1. The van der Waals surface area contributed by atoms with Crippen molar-refractivity contribution < 1.29 is 14.3 Å². The summed E-state index contributed by atoms with van der Waals surface area (Å²) in [6, 6.07) is 11.3. The first kappa shape index (κ1) is 16.8. The van der Waals surface area contributed by atoms with Crippen LogP contribution in [0.2, 0.25) is 0 Å². The van der Waals surface area contributed by atoms with E-state index in [1.54, 1.807) is 38.7 Å². The van der Waals surface area contributed by atoms with E-state index < -0.39 is 0 Å². The fraction of sp³-hybridized carbons (Fsp3) is 0.263. The van der Waals surface area contributed by atoms with Crippen LogP contribution < -0.4 is 14.8 Å². The topological polar surface area (TPSA) is 65.4 Å². The SMILES string of the molecule is COc1ccc(C(=O)NCCc2ccc3c(c2)ncn3C)cc1OC. The standard InChI is InChI=1S/C19H21N3O3/c1-22-12-21-15-10-13(4-6-16(15)22)8-9-20-19(23)14-5-7-17(24-2)18(11-14)25-3/h4-7,10-12H,8-9H2,1-3H3,(H,20,23). The van der Waals surface area contributed by atoms with Crippen LogP contribution in [0, 0.1) is 0 Å². The molecule has 0 aliphatic heterocycles. The molecule has 3 aromatic rings. The molecule has 6 nitrogen and oxygen atoms in total. The molecule has 0 unspecified atom stereocenters. The summed E-state index contributed by atoms with van der Waals surface area (Å²) >= 11 is 0. The third kappa shape index (κ3) is 3.57. The molecule has 0 fully saturated rings. The van der Waals surface area contributed by atoms with E-state index >= 15 is 0 Å². The van der Waals surface area contributed by atoms with Crippen LogP contribution >= 0.6 is 0 Å². The van der Waals surface area contributed by atoms with Crippen molar-refractivity contribution in [2.45, 2.75) is 6.42 Å². The number of methoxy groups -OCH3 is 2. The molecule has 0 aliphatic rings. The molecular formula is C19H21N3O3. The molecule has 1 amide bonds. The average molecular weight is 339 g/mol. The van der Waals surface area contributed by atoms with Crippen LogP contribution in [0.3, 0.4) is 0 Å². The van der Waals surface area contributed by atoms with Crippen LogP contribution in [0.15, 0.2) is 42.7 Å². The maximum Gasteiger partial charge on any atom is 0.251 e. The number of carbonyl (C=O) groups excluding carboxylic acids is 1. The summed E-state index contributed by atoms with van der Waals surface area (Å²) < 4.78 is 12.4. The first-order chi connectivity index (χ1) is 12.1. The van der Waals surface area contributed by atoms with Crippen LogP contribution in [-0.4, -0.2) is 36.2 Å². The highest BCUT2D eigenvalue weighted by molar-refractivity contribution is 5.94. The first-order valence-electron chi connectivity index (χ1n) is 8.02. The molecule has 0 atom stereocenters. The Bertz CT molecular complexity index is 902. The monoisotopic (exact) mass is 339 g/mol. The molecule has 3 rings (SSSR count). The zero-order valence-electron chi connectivity index (χ0n) is 14.6. The van der Waals surface area contributed by atoms with Crippen molar-refractivity contribution in [3.63, 3.8) is 0 Å². The van der Waals surface area contributed by atoms with Crippen molar-refractivity contribution in [1.29, 1.82) is 0 Å². The molecular weight excluding hydrogens is 318 g/mol. The van der Waals surface area contributed by atoms with E-state index in [1.165, 1.54) is 0 Å². The summed E-state index contributed by atoms with van der Waals surface area (Å²) in [6.45, 7) is 0.547. The smallest absolute Gasteiger partial charge is 0.251 e.